The van der Waals surface area contributed by atoms with E-state index in [0.717, 1.165) is 27.2 Å². The Morgan fingerprint density at radius 2 is 1.73 bits per heavy atom. The standard InChI is InChI=1S/C33H33B2NO8/c37-19-23-16-27-31(33(40)36(32(27)39)25-8-4-7-24(17-25)35(42)43)28-18-34(41)44-29(30(23)28)14-11-22(21-5-2-1-3-6-21)15-20-9-12-26(38)13-10-20/h1-10,12-13,15,17,27-29,31,37-38,41-43H,11,14,16,18-19H2/b22-15-/t27-,28+,29-,31-/m1/s1. The van der Waals surface area contributed by atoms with Crippen LogP contribution in [0.5, 0.6) is 5.75 Å². The molecular weight excluding hydrogens is 560 g/mol. The average molecular weight is 593 g/mol. The van der Waals surface area contributed by atoms with Gasteiger partial charge in [-0.25, -0.2) is 0 Å². The summed E-state index contributed by atoms with van der Waals surface area (Å²) in [6, 6.07) is 22.8. The molecule has 0 radical (unpaired) electrons. The first kappa shape index (κ1) is 30.1. The van der Waals surface area contributed by atoms with Crippen LogP contribution in [0.2, 0.25) is 6.32 Å². The molecule has 44 heavy (non-hydrogen) atoms. The number of aromatic hydroxyl groups is 1. The van der Waals surface area contributed by atoms with E-state index >= 15 is 0 Å². The van der Waals surface area contributed by atoms with Gasteiger partial charge >= 0.3 is 14.2 Å². The molecule has 0 aromatic heterocycles. The Morgan fingerprint density at radius 1 is 0.977 bits per heavy atom. The van der Waals surface area contributed by atoms with Crippen LogP contribution in [0.1, 0.15) is 30.4 Å². The minimum Gasteiger partial charge on any atom is -0.508 e. The summed E-state index contributed by atoms with van der Waals surface area (Å²) < 4.78 is 6.07. The van der Waals surface area contributed by atoms with Crippen molar-refractivity contribution in [1.82, 2.24) is 0 Å². The van der Waals surface area contributed by atoms with Gasteiger partial charge in [0.15, 0.2) is 0 Å². The van der Waals surface area contributed by atoms with E-state index < -0.39 is 49.9 Å². The summed E-state index contributed by atoms with van der Waals surface area (Å²) in [7, 11) is -2.91. The lowest BCUT2D eigenvalue weighted by molar-refractivity contribution is -0.122. The van der Waals surface area contributed by atoms with E-state index in [0.29, 0.717) is 18.4 Å². The van der Waals surface area contributed by atoms with Crippen LogP contribution in [0, 0.1) is 17.8 Å². The minimum absolute atomic E-state index is 0.119. The van der Waals surface area contributed by atoms with Crippen LogP contribution in [0.15, 0.2) is 90.0 Å². The zero-order valence-electron chi connectivity index (χ0n) is 24.0. The molecule has 1 aliphatic carbocycles. The van der Waals surface area contributed by atoms with Crippen LogP contribution in [-0.4, -0.2) is 64.0 Å². The Hall–Kier alpha value is -3.99. The molecule has 2 heterocycles. The van der Waals surface area contributed by atoms with E-state index in [1.807, 2.05) is 48.5 Å². The first-order valence-electron chi connectivity index (χ1n) is 14.8. The fourth-order valence-corrected chi connectivity index (χ4v) is 7.00. The van der Waals surface area contributed by atoms with E-state index in [1.54, 1.807) is 24.3 Å². The Kier molecular flexibility index (Phi) is 8.57. The van der Waals surface area contributed by atoms with Crippen molar-refractivity contribution in [3.05, 3.63) is 101 Å². The Morgan fingerprint density at radius 3 is 2.43 bits per heavy atom. The fourth-order valence-electron chi connectivity index (χ4n) is 7.00. The van der Waals surface area contributed by atoms with Crippen LogP contribution in [0.25, 0.3) is 11.6 Å². The number of carbonyl (C=O) groups is 2. The number of carbonyl (C=O) groups excluding carboxylic acids is 2. The molecule has 2 amide bonds. The molecule has 0 bridgehead atoms. The Bertz CT molecular complexity index is 1610. The number of anilines is 1. The van der Waals surface area contributed by atoms with E-state index in [2.05, 4.69) is 0 Å². The number of allylic oxidation sites excluding steroid dienone is 1. The molecule has 3 aromatic rings. The summed E-state index contributed by atoms with van der Waals surface area (Å²) in [5, 5.41) is 50.3. The van der Waals surface area contributed by atoms with Gasteiger partial charge in [0.05, 0.1) is 30.2 Å². The van der Waals surface area contributed by atoms with Gasteiger partial charge in [0, 0.05) is 0 Å². The number of hydrogen-bond acceptors (Lipinski definition) is 8. The lowest BCUT2D eigenvalue weighted by Gasteiger charge is -2.43. The summed E-state index contributed by atoms with van der Waals surface area (Å²) in [6.45, 7) is -0.298. The monoisotopic (exact) mass is 593 g/mol. The predicted molar refractivity (Wildman–Crippen MR) is 167 cm³/mol. The van der Waals surface area contributed by atoms with Gasteiger partial charge in [0.25, 0.3) is 0 Å². The SMILES string of the molecule is O=C1[C@@H]2[C@@H](CC(CO)=C3[C@@H](CC/C(=C/c4ccc(O)cc4)c4ccccc4)OB(O)C[C@@H]32)C(=O)N1c1cccc(B(O)O)c1. The molecule has 5 N–H and O–H groups in total. The third-order valence-corrected chi connectivity index (χ3v) is 8.98. The highest BCUT2D eigenvalue weighted by Crippen LogP contribution is 2.51. The molecule has 0 unspecified atom stereocenters. The fraction of sp³-hybridized carbons (Fsp3) is 0.273. The van der Waals surface area contributed by atoms with Gasteiger partial charge in [-0.2, -0.15) is 0 Å². The van der Waals surface area contributed by atoms with Crippen LogP contribution >= 0.6 is 0 Å². The quantitative estimate of drug-likeness (QED) is 0.116. The van der Waals surface area contributed by atoms with Gasteiger partial charge < -0.3 is 29.9 Å². The molecule has 4 atom stereocenters. The Labute approximate surface area is 256 Å². The lowest BCUT2D eigenvalue weighted by atomic mass is 9.58. The highest BCUT2D eigenvalue weighted by molar-refractivity contribution is 6.58. The number of imide groups is 1. The van der Waals surface area contributed by atoms with Crippen molar-refractivity contribution in [3.8, 4) is 5.75 Å². The molecule has 9 nitrogen and oxygen atoms in total. The first-order chi connectivity index (χ1) is 21.2. The number of aliphatic hydroxyl groups is 1. The van der Waals surface area contributed by atoms with Crippen molar-refractivity contribution in [2.24, 2.45) is 17.8 Å². The van der Waals surface area contributed by atoms with Crippen molar-refractivity contribution in [2.45, 2.75) is 31.7 Å². The number of phenolic OH excluding ortho intramolecular Hbond substituents is 1. The third kappa shape index (κ3) is 5.77. The number of rotatable bonds is 8. The van der Waals surface area contributed by atoms with Gasteiger partial charge in [-0.05, 0) is 89.1 Å². The molecule has 0 spiro atoms. The number of nitrogens with zero attached hydrogens (tertiary/aromatic N) is 1. The van der Waals surface area contributed by atoms with E-state index in [-0.39, 0.29) is 36.2 Å². The number of hydrogen-bond donors (Lipinski definition) is 5. The normalized spacial score (nSPS) is 23.6. The largest absolute Gasteiger partial charge is 0.508 e. The lowest BCUT2D eigenvalue weighted by Crippen LogP contribution is -2.46. The predicted octanol–water partition coefficient (Wildman–Crippen LogP) is 2.39. The van der Waals surface area contributed by atoms with Crippen molar-refractivity contribution < 1.29 is 39.5 Å². The summed E-state index contributed by atoms with van der Waals surface area (Å²) in [4.78, 5) is 28.7. The average Bonchev–Trinajstić information content (AvgIpc) is 3.28. The van der Waals surface area contributed by atoms with Crippen LogP contribution in [0.4, 0.5) is 5.69 Å². The maximum absolute atomic E-state index is 13.9. The molecule has 3 aliphatic rings. The van der Waals surface area contributed by atoms with Crippen molar-refractivity contribution >= 4 is 48.9 Å². The second-order valence-electron chi connectivity index (χ2n) is 11.6. The molecule has 2 fully saturated rings. The van der Waals surface area contributed by atoms with Crippen LogP contribution < -0.4 is 10.4 Å². The second kappa shape index (κ2) is 12.6. The highest BCUT2D eigenvalue weighted by atomic mass is 16.5. The van der Waals surface area contributed by atoms with Gasteiger partial charge in [-0.1, -0.05) is 60.7 Å². The molecule has 224 valence electrons. The summed E-state index contributed by atoms with van der Waals surface area (Å²) in [6.07, 6.45) is 2.79. The smallest absolute Gasteiger partial charge is 0.488 e. The van der Waals surface area contributed by atoms with Gasteiger partial charge in [0.1, 0.15) is 5.75 Å². The topological polar surface area (TPSA) is 148 Å². The summed E-state index contributed by atoms with van der Waals surface area (Å²) >= 11 is 0. The zero-order valence-corrected chi connectivity index (χ0v) is 24.0. The van der Waals surface area contributed by atoms with E-state index in [9.17, 15) is 34.9 Å². The molecule has 0 saturated carbocycles. The number of aliphatic hydroxyl groups excluding tert-OH is 1. The summed E-state index contributed by atoms with van der Waals surface area (Å²) in [5.41, 5.74) is 4.77. The molecule has 2 saturated heterocycles. The second-order valence-corrected chi connectivity index (χ2v) is 11.6. The molecule has 2 aliphatic heterocycles. The Balaban J connectivity index is 1.31. The maximum Gasteiger partial charge on any atom is 0.488 e. The molecule has 3 aromatic carbocycles. The highest BCUT2D eigenvalue weighted by Gasteiger charge is 2.57. The van der Waals surface area contributed by atoms with Crippen molar-refractivity contribution in [1.29, 1.82) is 0 Å². The van der Waals surface area contributed by atoms with E-state index in [1.165, 1.54) is 12.1 Å². The first-order valence-corrected chi connectivity index (χ1v) is 14.8. The number of amides is 2. The molecule has 11 heteroatoms. The number of phenols is 1. The van der Waals surface area contributed by atoms with Crippen molar-refractivity contribution in [3.63, 3.8) is 0 Å². The van der Waals surface area contributed by atoms with Crippen LogP contribution in [0.3, 0.4) is 0 Å². The van der Waals surface area contributed by atoms with Crippen molar-refractivity contribution in [2.75, 3.05) is 11.5 Å². The molecule has 6 rings (SSSR count). The van der Waals surface area contributed by atoms with Gasteiger partial charge in [-0.15, -0.1) is 0 Å². The van der Waals surface area contributed by atoms with Gasteiger partial charge in [0.2, 0.25) is 11.8 Å². The number of fused-ring (bicyclic) bond motifs is 3. The van der Waals surface area contributed by atoms with E-state index in [4.69, 9.17) is 4.65 Å². The minimum atomic E-state index is -1.76. The third-order valence-electron chi connectivity index (χ3n) is 8.98. The molecular formula is C33H33B2NO8. The van der Waals surface area contributed by atoms with Gasteiger partial charge in [-0.3, -0.25) is 14.5 Å². The summed E-state index contributed by atoms with van der Waals surface area (Å²) in [5.74, 6) is -2.59. The number of benzene rings is 3. The van der Waals surface area contributed by atoms with Crippen LogP contribution in [-0.2, 0) is 14.2 Å². The maximum atomic E-state index is 13.9. The zero-order chi connectivity index (χ0) is 31.0.